The van der Waals surface area contributed by atoms with Gasteiger partial charge in [-0.15, -0.1) is 11.3 Å². The molecule has 0 bridgehead atoms. The zero-order valence-corrected chi connectivity index (χ0v) is 14.4. The summed E-state index contributed by atoms with van der Waals surface area (Å²) in [4.78, 5) is 30.1. The van der Waals surface area contributed by atoms with E-state index in [0.717, 1.165) is 35.7 Å². The molecular weight excluding hydrogens is 324 g/mol. The highest BCUT2D eigenvalue weighted by Crippen LogP contribution is 2.29. The number of amides is 1. The second-order valence-electron chi connectivity index (χ2n) is 6.19. The summed E-state index contributed by atoms with van der Waals surface area (Å²) in [5.74, 6) is -0.608. The van der Waals surface area contributed by atoms with Crippen molar-refractivity contribution in [3.8, 4) is 0 Å². The molecule has 1 aliphatic heterocycles. The molecule has 1 aromatic carbocycles. The Morgan fingerprint density at radius 2 is 2.25 bits per heavy atom. The molecule has 1 N–H and O–H groups in total. The van der Waals surface area contributed by atoms with Gasteiger partial charge in [-0.25, -0.2) is 9.78 Å². The van der Waals surface area contributed by atoms with Gasteiger partial charge >= 0.3 is 5.97 Å². The molecule has 0 saturated carbocycles. The fraction of sp³-hybridized carbons (Fsp3) is 0.389. The Hall–Kier alpha value is -2.21. The van der Waals surface area contributed by atoms with Crippen molar-refractivity contribution in [2.75, 3.05) is 13.1 Å². The van der Waals surface area contributed by atoms with E-state index in [1.807, 2.05) is 17.2 Å². The number of rotatable bonds is 4. The van der Waals surface area contributed by atoms with Crippen molar-refractivity contribution in [1.29, 1.82) is 0 Å². The third-order valence-electron chi connectivity index (χ3n) is 4.29. The maximum Gasteiger partial charge on any atom is 0.335 e. The Morgan fingerprint density at radius 3 is 2.96 bits per heavy atom. The fourth-order valence-corrected chi connectivity index (χ4v) is 3.99. The third kappa shape index (κ3) is 3.82. The molecule has 2 aromatic rings. The van der Waals surface area contributed by atoms with Crippen LogP contribution in [0.5, 0.6) is 0 Å². The summed E-state index contributed by atoms with van der Waals surface area (Å²) in [5.41, 5.74) is 1.99. The number of hydrogen-bond donors (Lipinski definition) is 1. The van der Waals surface area contributed by atoms with Crippen molar-refractivity contribution >= 4 is 23.2 Å². The lowest BCUT2D eigenvalue weighted by Crippen LogP contribution is -2.39. The molecule has 24 heavy (non-hydrogen) atoms. The summed E-state index contributed by atoms with van der Waals surface area (Å²) in [6, 6.07) is 6.60. The number of carbonyl (C=O) groups excluding carboxylic acids is 1. The van der Waals surface area contributed by atoms with Gasteiger partial charge in [-0.2, -0.15) is 0 Å². The molecule has 5 nitrogen and oxygen atoms in total. The van der Waals surface area contributed by atoms with E-state index in [9.17, 15) is 9.59 Å². The lowest BCUT2D eigenvalue weighted by atomic mass is 9.98. The zero-order chi connectivity index (χ0) is 17.1. The van der Waals surface area contributed by atoms with Gasteiger partial charge in [-0.3, -0.25) is 4.79 Å². The van der Waals surface area contributed by atoms with Crippen LogP contribution in [-0.2, 0) is 11.2 Å². The molecule has 1 atom stereocenters. The first-order valence-corrected chi connectivity index (χ1v) is 8.93. The average Bonchev–Trinajstić information content (AvgIpc) is 3.02. The predicted molar refractivity (Wildman–Crippen MR) is 92.5 cm³/mol. The van der Waals surface area contributed by atoms with Gasteiger partial charge in [0, 0.05) is 30.1 Å². The van der Waals surface area contributed by atoms with E-state index in [1.165, 1.54) is 6.07 Å². The van der Waals surface area contributed by atoms with Gasteiger partial charge in [-0.05, 0) is 37.5 Å². The number of carboxylic acids is 1. The molecule has 0 aliphatic carbocycles. The van der Waals surface area contributed by atoms with E-state index in [2.05, 4.69) is 4.98 Å². The van der Waals surface area contributed by atoms with Crippen molar-refractivity contribution in [3.05, 3.63) is 51.5 Å². The van der Waals surface area contributed by atoms with E-state index >= 15 is 0 Å². The molecule has 2 heterocycles. The number of carbonyl (C=O) groups is 2. The van der Waals surface area contributed by atoms with Crippen molar-refractivity contribution in [2.45, 2.75) is 32.1 Å². The van der Waals surface area contributed by atoms with Crippen LogP contribution in [0.2, 0.25) is 0 Å². The number of aromatic carboxylic acids is 1. The van der Waals surface area contributed by atoms with E-state index < -0.39 is 5.97 Å². The summed E-state index contributed by atoms with van der Waals surface area (Å²) in [5, 5.41) is 12.2. The topological polar surface area (TPSA) is 70.5 Å². The first-order valence-electron chi connectivity index (χ1n) is 8.05. The number of benzene rings is 1. The summed E-state index contributed by atoms with van der Waals surface area (Å²) >= 11 is 1.66. The normalized spacial score (nSPS) is 17.7. The molecule has 1 unspecified atom stereocenters. The fourth-order valence-electron chi connectivity index (χ4n) is 3.07. The molecule has 126 valence electrons. The Balaban J connectivity index is 1.66. The smallest absolute Gasteiger partial charge is 0.335 e. The summed E-state index contributed by atoms with van der Waals surface area (Å²) in [6.07, 6.45) is 2.28. The second kappa shape index (κ2) is 7.13. The molecule has 6 heteroatoms. The molecule has 1 fully saturated rings. The summed E-state index contributed by atoms with van der Waals surface area (Å²) in [6.45, 7) is 3.45. The van der Waals surface area contributed by atoms with E-state index in [1.54, 1.807) is 29.5 Å². The number of hydrogen-bond acceptors (Lipinski definition) is 4. The summed E-state index contributed by atoms with van der Waals surface area (Å²) in [7, 11) is 0. The Kier molecular flexibility index (Phi) is 4.94. The highest BCUT2D eigenvalue weighted by atomic mass is 32.1. The molecule has 1 saturated heterocycles. The number of aromatic nitrogens is 1. The number of aryl methyl sites for hydroxylation is 1. The van der Waals surface area contributed by atoms with Gasteiger partial charge < -0.3 is 10.0 Å². The van der Waals surface area contributed by atoms with E-state index in [0.29, 0.717) is 12.5 Å². The first-order chi connectivity index (χ1) is 11.5. The lowest BCUT2D eigenvalue weighted by molar-refractivity contribution is -0.131. The number of piperidine rings is 1. The number of nitrogens with zero attached hydrogens (tertiary/aromatic N) is 2. The van der Waals surface area contributed by atoms with Crippen LogP contribution >= 0.6 is 11.3 Å². The van der Waals surface area contributed by atoms with Crippen LogP contribution in [0.4, 0.5) is 0 Å². The van der Waals surface area contributed by atoms with E-state index in [-0.39, 0.29) is 17.9 Å². The Bertz CT molecular complexity index is 756. The van der Waals surface area contributed by atoms with Crippen LogP contribution in [0.15, 0.2) is 29.6 Å². The number of carboxylic acid groups (broad SMARTS) is 1. The number of likely N-dealkylation sites (tertiary alicyclic amines) is 1. The Labute approximate surface area is 145 Å². The number of thiazole rings is 1. The van der Waals surface area contributed by atoms with Crippen LogP contribution in [-0.4, -0.2) is 40.0 Å². The van der Waals surface area contributed by atoms with Gasteiger partial charge in [0.05, 0.1) is 17.0 Å². The van der Waals surface area contributed by atoms with Crippen molar-refractivity contribution in [3.63, 3.8) is 0 Å². The van der Waals surface area contributed by atoms with Crippen LogP contribution in [0, 0.1) is 6.92 Å². The highest BCUT2D eigenvalue weighted by Gasteiger charge is 2.26. The van der Waals surface area contributed by atoms with Gasteiger partial charge in [0.15, 0.2) is 0 Å². The monoisotopic (exact) mass is 344 g/mol. The first kappa shape index (κ1) is 16.6. The standard InChI is InChI=1S/C18H20N2O3S/c1-12-11-24-17(19-12)15-6-3-7-20(10-15)16(21)9-13-4-2-5-14(8-13)18(22)23/h2,4-5,8,11,15H,3,6-7,9-10H2,1H3,(H,22,23). The zero-order valence-electron chi connectivity index (χ0n) is 13.6. The van der Waals surface area contributed by atoms with Crippen molar-refractivity contribution in [2.24, 2.45) is 0 Å². The molecular formula is C18H20N2O3S. The van der Waals surface area contributed by atoms with Gasteiger partial charge in [0.25, 0.3) is 0 Å². The second-order valence-corrected chi connectivity index (χ2v) is 7.08. The Morgan fingerprint density at radius 1 is 1.42 bits per heavy atom. The summed E-state index contributed by atoms with van der Waals surface area (Å²) < 4.78 is 0. The predicted octanol–water partition coefficient (Wildman–Crippen LogP) is 3.10. The van der Waals surface area contributed by atoms with Gasteiger partial charge in [-0.1, -0.05) is 12.1 Å². The molecule has 1 amide bonds. The minimum atomic E-state index is -0.971. The quantitative estimate of drug-likeness (QED) is 0.925. The minimum absolute atomic E-state index is 0.0514. The van der Waals surface area contributed by atoms with Crippen molar-refractivity contribution < 1.29 is 14.7 Å². The van der Waals surface area contributed by atoms with Crippen LogP contribution < -0.4 is 0 Å². The SMILES string of the molecule is Cc1csc(C2CCCN(C(=O)Cc3cccc(C(=O)O)c3)C2)n1. The lowest BCUT2D eigenvalue weighted by Gasteiger charge is -2.32. The largest absolute Gasteiger partial charge is 0.478 e. The minimum Gasteiger partial charge on any atom is -0.478 e. The van der Waals surface area contributed by atoms with Crippen LogP contribution in [0.25, 0.3) is 0 Å². The molecule has 0 radical (unpaired) electrons. The van der Waals surface area contributed by atoms with E-state index in [4.69, 9.17) is 5.11 Å². The average molecular weight is 344 g/mol. The van der Waals surface area contributed by atoms with Gasteiger partial charge in [0.1, 0.15) is 0 Å². The molecule has 1 aliphatic rings. The van der Waals surface area contributed by atoms with Gasteiger partial charge in [0.2, 0.25) is 5.91 Å². The molecule has 0 spiro atoms. The van der Waals surface area contributed by atoms with Crippen LogP contribution in [0.1, 0.15) is 45.4 Å². The third-order valence-corrected chi connectivity index (χ3v) is 5.41. The molecule has 3 rings (SSSR count). The highest BCUT2D eigenvalue weighted by molar-refractivity contribution is 7.09. The van der Waals surface area contributed by atoms with Crippen molar-refractivity contribution in [1.82, 2.24) is 9.88 Å². The maximum absolute atomic E-state index is 12.6. The maximum atomic E-state index is 12.6. The van der Waals surface area contributed by atoms with Crippen LogP contribution in [0.3, 0.4) is 0 Å². The molecule has 1 aromatic heterocycles.